The van der Waals surface area contributed by atoms with E-state index in [0.717, 1.165) is 11.3 Å². The van der Waals surface area contributed by atoms with E-state index >= 15 is 0 Å². The topological polar surface area (TPSA) is 105 Å². The summed E-state index contributed by atoms with van der Waals surface area (Å²) in [5.41, 5.74) is 6.19. The van der Waals surface area contributed by atoms with E-state index in [-0.39, 0.29) is 11.9 Å². The summed E-state index contributed by atoms with van der Waals surface area (Å²) in [5, 5.41) is 3.29. The highest BCUT2D eigenvalue weighted by atomic mass is 32.2. The molecule has 9 heteroatoms. The second-order valence-electron chi connectivity index (χ2n) is 4.88. The molecule has 1 aromatic rings. The zero-order valence-corrected chi connectivity index (χ0v) is 13.1. The molecule has 0 spiro atoms. The number of carbonyl (C=O) groups is 1. The number of hydrogen-bond acceptors (Lipinski definition) is 6. The van der Waals surface area contributed by atoms with Gasteiger partial charge < -0.3 is 11.1 Å². The minimum Gasteiger partial charge on any atom is -0.375 e. The van der Waals surface area contributed by atoms with Gasteiger partial charge in [0.2, 0.25) is 10.0 Å². The third-order valence-electron chi connectivity index (χ3n) is 3.28. The largest absolute Gasteiger partial charge is 0.375 e. The van der Waals surface area contributed by atoms with Crippen LogP contribution >= 0.6 is 11.3 Å². The number of nitrogen functional groups attached to an aromatic ring is 1. The number of nitrogens with one attached hydrogen (secondary N) is 1. The number of aromatic nitrogens is 1. The third-order valence-corrected chi connectivity index (χ3v) is 5.57. The lowest BCUT2D eigenvalue weighted by Crippen LogP contribution is -2.46. The quantitative estimate of drug-likeness (QED) is 0.827. The SMILES string of the molecule is Cc1nc(N)sc1C(=O)NC1CCN(S(C)(=O)=O)CC1. The molecule has 7 nitrogen and oxygen atoms in total. The van der Waals surface area contributed by atoms with E-state index in [2.05, 4.69) is 10.3 Å². The number of amides is 1. The van der Waals surface area contributed by atoms with Gasteiger partial charge in [-0.15, -0.1) is 0 Å². The highest BCUT2D eigenvalue weighted by Gasteiger charge is 2.26. The van der Waals surface area contributed by atoms with Gasteiger partial charge in [-0.05, 0) is 19.8 Å². The molecule has 0 aromatic carbocycles. The summed E-state index contributed by atoms with van der Waals surface area (Å²) in [5.74, 6) is -0.186. The molecule has 112 valence electrons. The van der Waals surface area contributed by atoms with Gasteiger partial charge >= 0.3 is 0 Å². The van der Waals surface area contributed by atoms with Gasteiger partial charge in [-0.1, -0.05) is 11.3 Å². The standard InChI is InChI=1S/C11H18N4O3S2/c1-7-9(19-11(12)13-7)10(16)14-8-3-5-15(6-4-8)20(2,17)18/h8H,3-6H2,1-2H3,(H2,12,13)(H,14,16). The Labute approximate surface area is 122 Å². The summed E-state index contributed by atoms with van der Waals surface area (Å²) >= 11 is 1.16. The fourth-order valence-corrected chi connectivity index (χ4v) is 3.82. The van der Waals surface area contributed by atoms with Crippen molar-refractivity contribution >= 4 is 32.4 Å². The van der Waals surface area contributed by atoms with E-state index in [0.29, 0.717) is 41.6 Å². The van der Waals surface area contributed by atoms with Crippen LogP contribution < -0.4 is 11.1 Å². The van der Waals surface area contributed by atoms with Crippen LogP contribution in [0.2, 0.25) is 0 Å². The van der Waals surface area contributed by atoms with Crippen LogP contribution in [-0.2, 0) is 10.0 Å². The van der Waals surface area contributed by atoms with Crippen LogP contribution in [0, 0.1) is 6.92 Å². The number of sulfonamides is 1. The molecule has 1 aliphatic heterocycles. The zero-order chi connectivity index (χ0) is 14.9. The maximum absolute atomic E-state index is 12.1. The van der Waals surface area contributed by atoms with Crippen molar-refractivity contribution in [1.29, 1.82) is 0 Å². The molecule has 1 fully saturated rings. The number of nitrogens with two attached hydrogens (primary N) is 1. The van der Waals surface area contributed by atoms with Gasteiger partial charge in [0.1, 0.15) is 4.88 Å². The second kappa shape index (κ2) is 5.66. The maximum Gasteiger partial charge on any atom is 0.263 e. The lowest BCUT2D eigenvalue weighted by Gasteiger charge is -2.30. The van der Waals surface area contributed by atoms with Gasteiger partial charge in [-0.25, -0.2) is 17.7 Å². The number of aryl methyl sites for hydroxylation is 1. The summed E-state index contributed by atoms with van der Waals surface area (Å²) in [6, 6.07) is -0.0109. The fourth-order valence-electron chi connectivity index (χ4n) is 2.21. The van der Waals surface area contributed by atoms with Gasteiger partial charge in [0.05, 0.1) is 11.9 Å². The number of thiazole rings is 1. The third kappa shape index (κ3) is 3.47. The molecule has 0 atom stereocenters. The predicted octanol–water partition coefficient (Wildman–Crippen LogP) is 0.188. The van der Waals surface area contributed by atoms with Gasteiger partial charge in [-0.2, -0.15) is 0 Å². The smallest absolute Gasteiger partial charge is 0.263 e. The minimum absolute atomic E-state index is 0.0109. The van der Waals surface area contributed by atoms with Crippen LogP contribution in [0.25, 0.3) is 0 Å². The normalized spacial score (nSPS) is 18.1. The van der Waals surface area contributed by atoms with Crippen LogP contribution in [0.1, 0.15) is 28.2 Å². The molecule has 1 aromatic heterocycles. The Balaban J connectivity index is 1.93. The van der Waals surface area contributed by atoms with E-state index in [1.54, 1.807) is 6.92 Å². The van der Waals surface area contributed by atoms with Crippen molar-refractivity contribution < 1.29 is 13.2 Å². The molecule has 1 amide bonds. The minimum atomic E-state index is -3.14. The van der Waals surface area contributed by atoms with Crippen LogP contribution in [0.4, 0.5) is 5.13 Å². The van der Waals surface area contributed by atoms with Gasteiger partial charge in [0.25, 0.3) is 5.91 Å². The molecule has 0 saturated carbocycles. The van der Waals surface area contributed by atoms with E-state index in [9.17, 15) is 13.2 Å². The number of piperidine rings is 1. The number of anilines is 1. The van der Waals surface area contributed by atoms with Crippen LogP contribution in [0.15, 0.2) is 0 Å². The first-order chi connectivity index (χ1) is 9.27. The highest BCUT2D eigenvalue weighted by molar-refractivity contribution is 7.88. The van der Waals surface area contributed by atoms with Gasteiger partial charge in [-0.3, -0.25) is 4.79 Å². The summed E-state index contributed by atoms with van der Waals surface area (Å²) in [7, 11) is -3.14. The Morgan fingerprint density at radius 2 is 2.05 bits per heavy atom. The first-order valence-electron chi connectivity index (χ1n) is 6.26. The first kappa shape index (κ1) is 15.2. The molecule has 1 aliphatic rings. The number of hydrogen-bond donors (Lipinski definition) is 2. The maximum atomic E-state index is 12.1. The molecule has 0 unspecified atom stereocenters. The number of rotatable bonds is 3. The Hall–Kier alpha value is -1.19. The fraction of sp³-hybridized carbons (Fsp3) is 0.636. The Morgan fingerprint density at radius 1 is 1.45 bits per heavy atom. The van der Waals surface area contributed by atoms with E-state index in [1.165, 1.54) is 10.6 Å². The summed E-state index contributed by atoms with van der Waals surface area (Å²) in [6.45, 7) is 2.62. The Bertz CT molecular complexity index is 603. The Kier molecular flexibility index (Phi) is 4.31. The van der Waals surface area contributed by atoms with E-state index < -0.39 is 10.0 Å². The average Bonchev–Trinajstić information content (AvgIpc) is 2.68. The lowest BCUT2D eigenvalue weighted by atomic mass is 10.1. The van der Waals surface area contributed by atoms with Gasteiger partial charge in [0.15, 0.2) is 5.13 Å². The molecule has 2 heterocycles. The van der Waals surface area contributed by atoms with Crippen molar-refractivity contribution in [2.24, 2.45) is 0 Å². The molecular formula is C11H18N4O3S2. The average molecular weight is 318 g/mol. The molecule has 2 rings (SSSR count). The number of nitrogens with zero attached hydrogens (tertiary/aromatic N) is 2. The molecule has 3 N–H and O–H groups in total. The van der Waals surface area contributed by atoms with Crippen LogP contribution in [0.5, 0.6) is 0 Å². The lowest BCUT2D eigenvalue weighted by molar-refractivity contribution is 0.0927. The molecular weight excluding hydrogens is 300 g/mol. The Morgan fingerprint density at radius 3 is 2.50 bits per heavy atom. The number of carbonyl (C=O) groups excluding carboxylic acids is 1. The summed E-state index contributed by atoms with van der Waals surface area (Å²) in [4.78, 5) is 16.6. The van der Waals surface area contributed by atoms with Crippen molar-refractivity contribution in [2.75, 3.05) is 25.1 Å². The molecule has 0 aliphatic carbocycles. The highest BCUT2D eigenvalue weighted by Crippen LogP contribution is 2.20. The van der Waals surface area contributed by atoms with Crippen molar-refractivity contribution in [3.8, 4) is 0 Å². The van der Waals surface area contributed by atoms with Gasteiger partial charge in [0, 0.05) is 19.1 Å². The van der Waals surface area contributed by atoms with Crippen molar-refractivity contribution in [3.63, 3.8) is 0 Å². The monoisotopic (exact) mass is 318 g/mol. The van der Waals surface area contributed by atoms with Crippen molar-refractivity contribution in [1.82, 2.24) is 14.6 Å². The van der Waals surface area contributed by atoms with E-state index in [4.69, 9.17) is 5.73 Å². The second-order valence-corrected chi connectivity index (χ2v) is 7.89. The molecule has 1 saturated heterocycles. The van der Waals surface area contributed by atoms with Crippen LogP contribution in [0.3, 0.4) is 0 Å². The predicted molar refractivity (Wildman–Crippen MR) is 78.2 cm³/mol. The van der Waals surface area contributed by atoms with Crippen molar-refractivity contribution in [3.05, 3.63) is 10.6 Å². The molecule has 20 heavy (non-hydrogen) atoms. The summed E-state index contributed by atoms with van der Waals surface area (Å²) < 4.78 is 24.2. The van der Waals surface area contributed by atoms with Crippen LogP contribution in [-0.4, -0.2) is 49.0 Å². The molecule has 0 bridgehead atoms. The van der Waals surface area contributed by atoms with E-state index in [1.807, 2.05) is 0 Å². The molecule has 0 radical (unpaired) electrons. The summed E-state index contributed by atoms with van der Waals surface area (Å²) in [6.07, 6.45) is 2.44. The zero-order valence-electron chi connectivity index (χ0n) is 11.4. The van der Waals surface area contributed by atoms with Crippen molar-refractivity contribution in [2.45, 2.75) is 25.8 Å². The first-order valence-corrected chi connectivity index (χ1v) is 8.92.